The molecule has 1 unspecified atom stereocenters. The van der Waals surface area contributed by atoms with Gasteiger partial charge in [-0.1, -0.05) is 262 Å². The second-order valence-electron chi connectivity index (χ2n) is 19.5. The van der Waals surface area contributed by atoms with Gasteiger partial charge >= 0.3 is 17.9 Å². The van der Waals surface area contributed by atoms with E-state index in [1.807, 2.05) is 0 Å². The molecule has 0 saturated heterocycles. The van der Waals surface area contributed by atoms with E-state index in [9.17, 15) is 14.4 Å². The fourth-order valence-corrected chi connectivity index (χ4v) is 7.70. The number of rotatable bonds is 53. The Balaban J connectivity index is 4.23. The van der Waals surface area contributed by atoms with Gasteiger partial charge in [0.2, 0.25) is 0 Å². The Labute approximate surface area is 472 Å². The maximum Gasteiger partial charge on any atom is 0.306 e. The van der Waals surface area contributed by atoms with Crippen LogP contribution in [-0.4, -0.2) is 37.2 Å². The van der Waals surface area contributed by atoms with Crippen molar-refractivity contribution in [3.63, 3.8) is 0 Å². The smallest absolute Gasteiger partial charge is 0.306 e. The summed E-state index contributed by atoms with van der Waals surface area (Å²) in [4.78, 5) is 38.0. The molecule has 0 aliphatic heterocycles. The number of esters is 3. The molecule has 0 rings (SSSR count). The molecule has 0 radical (unpaired) electrons. The normalized spacial score (nSPS) is 13.3. The fraction of sp³-hybridized carbons (Fsp3) is 0.563. The summed E-state index contributed by atoms with van der Waals surface area (Å²) in [6, 6.07) is 0. The quantitative estimate of drug-likeness (QED) is 0.0261. The predicted octanol–water partition coefficient (Wildman–Crippen LogP) is 21.1. The molecule has 6 nitrogen and oxygen atoms in total. The molecular weight excluding hydrogens is 949 g/mol. The summed E-state index contributed by atoms with van der Waals surface area (Å²) in [7, 11) is 0. The van der Waals surface area contributed by atoms with Crippen molar-refractivity contribution in [1.29, 1.82) is 0 Å². The van der Waals surface area contributed by atoms with E-state index in [2.05, 4.69) is 191 Å². The van der Waals surface area contributed by atoms with Crippen molar-refractivity contribution in [2.45, 2.75) is 245 Å². The van der Waals surface area contributed by atoms with E-state index in [0.29, 0.717) is 19.3 Å². The summed E-state index contributed by atoms with van der Waals surface area (Å²) in [6.45, 7) is 6.29. The SMILES string of the molecule is CC/C=C\C/C=C\C/C=C\C/C=C\C/C=C\C/C=C\C/C=C\C/C=C\C/C=C\CCCCCCCCCC(=O)OCC(COC(=O)CCCCCCCCC)OC(=O)CCC/C=C\C/C=C\C/C=C\C/C=C\C/C=C\CC. The van der Waals surface area contributed by atoms with Crippen LogP contribution in [0.15, 0.2) is 170 Å². The van der Waals surface area contributed by atoms with E-state index >= 15 is 0 Å². The van der Waals surface area contributed by atoms with Crippen molar-refractivity contribution in [3.8, 4) is 0 Å². The third kappa shape index (κ3) is 61.5. The third-order valence-electron chi connectivity index (χ3n) is 12.2. The molecule has 0 N–H and O–H groups in total. The number of carbonyl (C=O) groups excluding carboxylic acids is 3. The second-order valence-corrected chi connectivity index (χ2v) is 19.5. The first-order chi connectivity index (χ1) is 38.0. The monoisotopic (exact) mass is 1060 g/mol. The van der Waals surface area contributed by atoms with Gasteiger partial charge in [0.05, 0.1) is 0 Å². The topological polar surface area (TPSA) is 78.9 Å². The van der Waals surface area contributed by atoms with E-state index in [-0.39, 0.29) is 37.5 Å². The molecule has 0 aliphatic carbocycles. The minimum atomic E-state index is -0.817. The maximum absolute atomic E-state index is 12.8. The van der Waals surface area contributed by atoms with Crippen molar-refractivity contribution in [2.75, 3.05) is 13.2 Å². The van der Waals surface area contributed by atoms with Gasteiger partial charge in [-0.3, -0.25) is 14.4 Å². The zero-order valence-electron chi connectivity index (χ0n) is 49.1. The molecule has 0 spiro atoms. The lowest BCUT2D eigenvalue weighted by Gasteiger charge is -2.18. The highest BCUT2D eigenvalue weighted by atomic mass is 16.6. The molecule has 0 fully saturated rings. The predicted molar refractivity (Wildman–Crippen MR) is 334 cm³/mol. The Morgan fingerprint density at radius 2 is 0.519 bits per heavy atom. The maximum atomic E-state index is 12.8. The van der Waals surface area contributed by atoms with Gasteiger partial charge in [-0.25, -0.2) is 0 Å². The fourth-order valence-electron chi connectivity index (χ4n) is 7.70. The van der Waals surface area contributed by atoms with E-state index < -0.39 is 6.10 Å². The molecule has 0 amide bonds. The summed E-state index contributed by atoms with van der Waals surface area (Å²) >= 11 is 0. The van der Waals surface area contributed by atoms with Gasteiger partial charge in [0, 0.05) is 19.3 Å². The number of hydrogen-bond donors (Lipinski definition) is 0. The molecule has 6 heteroatoms. The largest absolute Gasteiger partial charge is 0.462 e. The first kappa shape index (κ1) is 71.8. The zero-order chi connectivity index (χ0) is 55.7. The van der Waals surface area contributed by atoms with Crippen LogP contribution in [-0.2, 0) is 28.6 Å². The number of hydrogen-bond acceptors (Lipinski definition) is 6. The van der Waals surface area contributed by atoms with Crippen molar-refractivity contribution >= 4 is 17.9 Å². The molecule has 0 aromatic rings. The van der Waals surface area contributed by atoms with E-state index in [1.54, 1.807) is 0 Å². The zero-order valence-corrected chi connectivity index (χ0v) is 49.1. The van der Waals surface area contributed by atoms with Crippen LogP contribution in [0, 0.1) is 0 Å². The van der Waals surface area contributed by atoms with Gasteiger partial charge in [0.1, 0.15) is 13.2 Å². The van der Waals surface area contributed by atoms with E-state index in [4.69, 9.17) is 14.2 Å². The lowest BCUT2D eigenvalue weighted by molar-refractivity contribution is -0.167. The molecule has 77 heavy (non-hydrogen) atoms. The Hall–Kier alpha value is -5.23. The standard InChI is InChI=1S/C71H110O6/c1-4-7-10-13-16-18-20-22-24-26-27-28-29-30-31-32-33-34-35-36-37-38-39-40-41-42-43-45-46-48-50-52-55-58-61-64-70(73)76-67-68(66-75-69(72)63-60-57-54-15-12-9-6-3)77-71(74)65-62-59-56-53-51-49-47-44-25-23-21-19-17-14-11-8-5-2/h7-8,10-11,16-19,22-25,27-28,30-31,33-34,36-37,39-40,42-43,47,49,53,56,68H,4-6,9,12-15,20-21,26,29,32,35,38,41,44-46,48,50-52,54-55,57-67H2,1-3H3/b10-7-,11-8-,18-16-,19-17-,24-22-,25-23-,28-27-,31-30-,34-33-,37-36-,40-39-,43-42-,49-47-,56-53-. The first-order valence-corrected chi connectivity index (χ1v) is 30.6. The summed E-state index contributed by atoms with van der Waals surface area (Å²) < 4.78 is 16.7. The van der Waals surface area contributed by atoms with Crippen molar-refractivity contribution in [3.05, 3.63) is 170 Å². The summed E-state index contributed by atoms with van der Waals surface area (Å²) in [5.41, 5.74) is 0. The molecule has 0 aromatic heterocycles. The molecule has 1 atom stereocenters. The Kier molecular flexibility index (Phi) is 59.0. The highest BCUT2D eigenvalue weighted by Gasteiger charge is 2.19. The highest BCUT2D eigenvalue weighted by molar-refractivity contribution is 5.71. The Morgan fingerprint density at radius 3 is 0.831 bits per heavy atom. The average molecular weight is 1060 g/mol. The summed E-state index contributed by atoms with van der Waals surface area (Å²) in [5, 5.41) is 0. The van der Waals surface area contributed by atoms with Gasteiger partial charge in [-0.05, 0) is 128 Å². The van der Waals surface area contributed by atoms with Gasteiger partial charge in [-0.2, -0.15) is 0 Å². The van der Waals surface area contributed by atoms with Crippen LogP contribution in [0.5, 0.6) is 0 Å². The molecular formula is C71H110O6. The van der Waals surface area contributed by atoms with E-state index in [1.165, 1.54) is 51.4 Å². The Bertz CT molecular complexity index is 1790. The van der Waals surface area contributed by atoms with Gasteiger partial charge in [-0.15, -0.1) is 0 Å². The summed E-state index contributed by atoms with van der Waals surface area (Å²) in [6.07, 6.45) is 93.9. The number of ether oxygens (including phenoxy) is 3. The summed E-state index contributed by atoms with van der Waals surface area (Å²) in [5.74, 6) is -0.997. The van der Waals surface area contributed by atoms with Gasteiger partial charge in [0.15, 0.2) is 6.10 Å². The lowest BCUT2D eigenvalue weighted by Crippen LogP contribution is -2.30. The highest BCUT2D eigenvalue weighted by Crippen LogP contribution is 2.13. The van der Waals surface area contributed by atoms with E-state index in [0.717, 1.165) is 141 Å². The van der Waals surface area contributed by atoms with Crippen LogP contribution in [0.25, 0.3) is 0 Å². The van der Waals surface area contributed by atoms with Crippen LogP contribution >= 0.6 is 0 Å². The average Bonchev–Trinajstić information content (AvgIpc) is 3.43. The van der Waals surface area contributed by atoms with Crippen LogP contribution < -0.4 is 0 Å². The van der Waals surface area contributed by atoms with Gasteiger partial charge in [0.25, 0.3) is 0 Å². The lowest BCUT2D eigenvalue weighted by atomic mass is 10.1. The number of unbranched alkanes of at least 4 members (excludes halogenated alkanes) is 14. The van der Waals surface area contributed by atoms with Crippen molar-refractivity contribution < 1.29 is 28.6 Å². The molecule has 0 saturated carbocycles. The third-order valence-corrected chi connectivity index (χ3v) is 12.2. The first-order valence-electron chi connectivity index (χ1n) is 30.6. The van der Waals surface area contributed by atoms with Crippen molar-refractivity contribution in [2.24, 2.45) is 0 Å². The number of carbonyl (C=O) groups is 3. The number of allylic oxidation sites excluding steroid dienone is 28. The minimum absolute atomic E-state index is 0.110. The molecule has 0 aliphatic rings. The van der Waals surface area contributed by atoms with Crippen molar-refractivity contribution in [1.82, 2.24) is 0 Å². The van der Waals surface area contributed by atoms with Crippen LogP contribution in [0.3, 0.4) is 0 Å². The van der Waals surface area contributed by atoms with Crippen LogP contribution in [0.4, 0.5) is 0 Å². The molecule has 0 heterocycles. The second kappa shape index (κ2) is 63.3. The van der Waals surface area contributed by atoms with Crippen LogP contribution in [0.2, 0.25) is 0 Å². The van der Waals surface area contributed by atoms with Crippen LogP contribution in [0.1, 0.15) is 239 Å². The molecule has 430 valence electrons. The minimum Gasteiger partial charge on any atom is -0.462 e. The molecule has 0 aromatic carbocycles. The van der Waals surface area contributed by atoms with Gasteiger partial charge < -0.3 is 14.2 Å². The molecule has 0 bridgehead atoms. The Morgan fingerprint density at radius 1 is 0.273 bits per heavy atom.